The molecule has 1 aliphatic heterocycles. The van der Waals surface area contributed by atoms with Crippen molar-refractivity contribution in [3.8, 4) is 0 Å². The van der Waals surface area contributed by atoms with Gasteiger partial charge in [-0.2, -0.15) is 0 Å². The summed E-state index contributed by atoms with van der Waals surface area (Å²) in [6, 6.07) is 15.6. The third-order valence-corrected chi connectivity index (χ3v) is 5.12. The number of halogens is 2. The lowest BCUT2D eigenvalue weighted by Crippen LogP contribution is -2.49. The van der Waals surface area contributed by atoms with Gasteiger partial charge >= 0.3 is 0 Å². The molecule has 1 saturated heterocycles. The maximum Gasteiger partial charge on any atom is 0.255 e. The summed E-state index contributed by atoms with van der Waals surface area (Å²) in [7, 11) is 0. The Hall–Kier alpha value is -1.27. The van der Waals surface area contributed by atoms with Gasteiger partial charge < -0.3 is 9.80 Å². The molecule has 1 fully saturated rings. The summed E-state index contributed by atoms with van der Waals surface area (Å²) >= 11 is 8.46. The molecule has 0 unspecified atom stereocenters. The second-order valence-electron chi connectivity index (χ2n) is 5.21. The van der Waals surface area contributed by atoms with E-state index in [9.17, 15) is 4.79 Å². The third-order valence-electron chi connectivity index (χ3n) is 3.86. The zero-order chi connectivity index (χ0) is 15.5. The van der Waals surface area contributed by atoms with Crippen LogP contribution in [0.25, 0.3) is 0 Å². The summed E-state index contributed by atoms with van der Waals surface area (Å²) in [5.74, 6) is 0.115. The fourth-order valence-corrected chi connectivity index (χ4v) is 3.54. The fraction of sp³-hybridized carbons (Fsp3) is 0.235. The monoisotopic (exact) mass is 426 g/mol. The SMILES string of the molecule is O=C(c1ccccc1I)N1CCN(c2ccccc2Cl)CC1. The van der Waals surface area contributed by atoms with Crippen LogP contribution in [0, 0.1) is 3.57 Å². The van der Waals surface area contributed by atoms with Crippen molar-refractivity contribution in [3.63, 3.8) is 0 Å². The van der Waals surface area contributed by atoms with Gasteiger partial charge in [-0.15, -0.1) is 0 Å². The second-order valence-corrected chi connectivity index (χ2v) is 6.78. The predicted molar refractivity (Wildman–Crippen MR) is 98.7 cm³/mol. The number of amides is 1. The van der Waals surface area contributed by atoms with Crippen LogP contribution in [0.2, 0.25) is 5.02 Å². The highest BCUT2D eigenvalue weighted by atomic mass is 127. The van der Waals surface area contributed by atoms with E-state index < -0.39 is 0 Å². The van der Waals surface area contributed by atoms with E-state index in [1.54, 1.807) is 0 Å². The Bertz CT molecular complexity index is 684. The van der Waals surface area contributed by atoms with Gasteiger partial charge in [-0.3, -0.25) is 4.79 Å². The zero-order valence-corrected chi connectivity index (χ0v) is 14.9. The highest BCUT2D eigenvalue weighted by Crippen LogP contribution is 2.26. The second kappa shape index (κ2) is 6.87. The Morgan fingerprint density at radius 3 is 2.27 bits per heavy atom. The van der Waals surface area contributed by atoms with E-state index in [-0.39, 0.29) is 5.91 Å². The number of piperazine rings is 1. The van der Waals surface area contributed by atoms with Gasteiger partial charge in [0.15, 0.2) is 0 Å². The molecular weight excluding hydrogens is 411 g/mol. The number of benzene rings is 2. The Morgan fingerprint density at radius 2 is 1.59 bits per heavy atom. The summed E-state index contributed by atoms with van der Waals surface area (Å²) in [5.41, 5.74) is 1.83. The summed E-state index contributed by atoms with van der Waals surface area (Å²) in [6.07, 6.45) is 0. The molecule has 1 heterocycles. The van der Waals surface area contributed by atoms with Crippen LogP contribution in [0.3, 0.4) is 0 Å². The van der Waals surface area contributed by atoms with Crippen molar-refractivity contribution in [1.29, 1.82) is 0 Å². The first-order valence-electron chi connectivity index (χ1n) is 7.20. The van der Waals surface area contributed by atoms with E-state index in [1.807, 2.05) is 53.4 Å². The van der Waals surface area contributed by atoms with Crippen LogP contribution in [0.1, 0.15) is 10.4 Å². The van der Waals surface area contributed by atoms with Crippen molar-refractivity contribution in [2.24, 2.45) is 0 Å². The minimum Gasteiger partial charge on any atom is -0.367 e. The van der Waals surface area contributed by atoms with Gasteiger partial charge in [0, 0.05) is 29.7 Å². The first kappa shape index (κ1) is 15.6. The lowest BCUT2D eigenvalue weighted by atomic mass is 10.1. The van der Waals surface area contributed by atoms with E-state index in [2.05, 4.69) is 27.5 Å². The average Bonchev–Trinajstić information content (AvgIpc) is 2.55. The van der Waals surface area contributed by atoms with Crippen LogP contribution in [-0.4, -0.2) is 37.0 Å². The minimum absolute atomic E-state index is 0.115. The Balaban J connectivity index is 1.68. The van der Waals surface area contributed by atoms with Crippen molar-refractivity contribution in [2.45, 2.75) is 0 Å². The summed E-state index contributed by atoms with van der Waals surface area (Å²) in [4.78, 5) is 16.8. The molecule has 0 aromatic heterocycles. The Labute approximate surface area is 149 Å². The molecule has 0 atom stereocenters. The zero-order valence-electron chi connectivity index (χ0n) is 12.0. The minimum atomic E-state index is 0.115. The molecule has 0 aliphatic carbocycles. The van der Waals surface area contributed by atoms with Crippen LogP contribution in [0.15, 0.2) is 48.5 Å². The number of para-hydroxylation sites is 1. The smallest absolute Gasteiger partial charge is 0.255 e. The van der Waals surface area contributed by atoms with Crippen LogP contribution >= 0.6 is 34.2 Å². The van der Waals surface area contributed by atoms with Crippen molar-refractivity contribution in [2.75, 3.05) is 31.1 Å². The van der Waals surface area contributed by atoms with Crippen LogP contribution in [0.5, 0.6) is 0 Å². The number of hydrogen-bond donors (Lipinski definition) is 0. The standard InChI is InChI=1S/C17H16ClIN2O/c18-14-6-2-4-8-16(14)20-9-11-21(12-10-20)17(22)13-5-1-3-7-15(13)19/h1-8H,9-12H2. The maximum absolute atomic E-state index is 12.6. The Kier molecular flexibility index (Phi) is 4.88. The van der Waals surface area contributed by atoms with Crippen LogP contribution in [-0.2, 0) is 0 Å². The lowest BCUT2D eigenvalue weighted by molar-refractivity contribution is 0.0745. The third kappa shape index (κ3) is 3.22. The van der Waals surface area contributed by atoms with Crippen molar-refractivity contribution < 1.29 is 4.79 Å². The highest BCUT2D eigenvalue weighted by Gasteiger charge is 2.24. The number of carbonyl (C=O) groups excluding carboxylic acids is 1. The summed E-state index contributed by atoms with van der Waals surface area (Å²) < 4.78 is 0.999. The molecule has 0 N–H and O–H groups in total. The van der Waals surface area contributed by atoms with Gasteiger partial charge in [0.25, 0.3) is 5.91 Å². The maximum atomic E-state index is 12.6. The van der Waals surface area contributed by atoms with E-state index in [4.69, 9.17) is 11.6 Å². The number of rotatable bonds is 2. The van der Waals surface area contributed by atoms with Gasteiger partial charge in [0.1, 0.15) is 0 Å². The molecule has 0 radical (unpaired) electrons. The van der Waals surface area contributed by atoms with Crippen LogP contribution < -0.4 is 4.90 Å². The van der Waals surface area contributed by atoms with Crippen molar-refractivity contribution in [3.05, 3.63) is 62.7 Å². The Morgan fingerprint density at radius 1 is 0.955 bits per heavy atom. The van der Waals surface area contributed by atoms with Gasteiger partial charge in [-0.25, -0.2) is 0 Å². The molecule has 1 amide bonds. The predicted octanol–water partition coefficient (Wildman–Crippen LogP) is 3.91. The average molecular weight is 427 g/mol. The molecule has 114 valence electrons. The molecule has 1 aliphatic rings. The summed E-state index contributed by atoms with van der Waals surface area (Å²) in [5, 5.41) is 0.764. The van der Waals surface area contributed by atoms with E-state index >= 15 is 0 Å². The fourth-order valence-electron chi connectivity index (χ4n) is 2.66. The van der Waals surface area contributed by atoms with E-state index in [1.165, 1.54) is 0 Å². The summed E-state index contributed by atoms with van der Waals surface area (Å²) in [6.45, 7) is 3.04. The molecule has 0 bridgehead atoms. The number of anilines is 1. The van der Waals surface area contributed by atoms with Gasteiger partial charge in [0.2, 0.25) is 0 Å². The molecule has 0 saturated carbocycles. The van der Waals surface area contributed by atoms with Crippen molar-refractivity contribution in [1.82, 2.24) is 4.90 Å². The van der Waals surface area contributed by atoms with Gasteiger partial charge in [-0.05, 0) is 46.9 Å². The topological polar surface area (TPSA) is 23.6 Å². The molecular formula is C17H16ClIN2O. The molecule has 3 rings (SSSR count). The molecule has 0 spiro atoms. The molecule has 2 aromatic rings. The highest BCUT2D eigenvalue weighted by molar-refractivity contribution is 14.1. The lowest BCUT2D eigenvalue weighted by Gasteiger charge is -2.36. The molecule has 22 heavy (non-hydrogen) atoms. The van der Waals surface area contributed by atoms with Crippen molar-refractivity contribution >= 4 is 45.8 Å². The number of carbonyl (C=O) groups is 1. The van der Waals surface area contributed by atoms with E-state index in [0.29, 0.717) is 0 Å². The molecule has 2 aromatic carbocycles. The first-order valence-corrected chi connectivity index (χ1v) is 8.66. The normalized spacial score (nSPS) is 15.0. The number of nitrogens with zero attached hydrogens (tertiary/aromatic N) is 2. The van der Waals surface area contributed by atoms with E-state index in [0.717, 1.165) is 46.0 Å². The van der Waals surface area contributed by atoms with Gasteiger partial charge in [0.05, 0.1) is 16.3 Å². The number of hydrogen-bond acceptors (Lipinski definition) is 2. The first-order chi connectivity index (χ1) is 10.7. The quantitative estimate of drug-likeness (QED) is 0.680. The van der Waals surface area contributed by atoms with Crippen LogP contribution in [0.4, 0.5) is 5.69 Å². The largest absolute Gasteiger partial charge is 0.367 e. The van der Waals surface area contributed by atoms with Gasteiger partial charge in [-0.1, -0.05) is 35.9 Å². The molecule has 3 nitrogen and oxygen atoms in total. The molecule has 5 heteroatoms.